The Balaban J connectivity index is 1.99. The summed E-state index contributed by atoms with van der Waals surface area (Å²) < 4.78 is 37.9. The van der Waals surface area contributed by atoms with E-state index >= 15 is 0 Å². The van der Waals surface area contributed by atoms with Gasteiger partial charge in [-0.3, -0.25) is 14.3 Å². The minimum Gasteiger partial charge on any atom is -0.353 e. The van der Waals surface area contributed by atoms with Gasteiger partial charge in [0.15, 0.2) is 5.69 Å². The molecule has 1 saturated heterocycles. The van der Waals surface area contributed by atoms with E-state index in [1.807, 2.05) is 0 Å². The third kappa shape index (κ3) is 3.24. The van der Waals surface area contributed by atoms with Crippen molar-refractivity contribution in [2.45, 2.75) is 12.7 Å². The summed E-state index contributed by atoms with van der Waals surface area (Å²) in [6.45, 7) is 0.297. The van der Waals surface area contributed by atoms with Crippen LogP contribution in [0.2, 0.25) is 0 Å². The van der Waals surface area contributed by atoms with E-state index in [4.69, 9.17) is 0 Å². The molecule has 2 rings (SSSR count). The molecule has 0 aromatic carbocycles. The third-order valence-electron chi connectivity index (χ3n) is 2.62. The van der Waals surface area contributed by atoms with Crippen LogP contribution in [-0.2, 0) is 22.3 Å². The maximum atomic E-state index is 12.3. The summed E-state index contributed by atoms with van der Waals surface area (Å²) in [7, 11) is 0. The zero-order valence-electron chi connectivity index (χ0n) is 9.78. The van der Waals surface area contributed by atoms with E-state index < -0.39 is 17.8 Å². The molecular formula is C10H11F3N4O2. The molecule has 0 unspecified atom stereocenters. The van der Waals surface area contributed by atoms with Gasteiger partial charge in [0.05, 0.1) is 6.54 Å². The van der Waals surface area contributed by atoms with Gasteiger partial charge in [-0.2, -0.15) is 18.3 Å². The Hall–Kier alpha value is -2.06. The molecule has 0 aliphatic carbocycles. The molecule has 1 aromatic heterocycles. The average molecular weight is 276 g/mol. The summed E-state index contributed by atoms with van der Waals surface area (Å²) in [4.78, 5) is 24.2. The lowest BCUT2D eigenvalue weighted by atomic mass is 10.3. The van der Waals surface area contributed by atoms with Crippen LogP contribution in [0.1, 0.15) is 5.69 Å². The highest BCUT2D eigenvalue weighted by Crippen LogP contribution is 2.27. The predicted octanol–water partition coefficient (Wildman–Crippen LogP) is -0.140. The number of nitrogens with zero attached hydrogens (tertiary/aromatic N) is 3. The van der Waals surface area contributed by atoms with Crippen LogP contribution in [-0.4, -0.2) is 46.1 Å². The number of aromatic nitrogens is 2. The monoisotopic (exact) mass is 276 g/mol. The van der Waals surface area contributed by atoms with Gasteiger partial charge in [0.1, 0.15) is 6.54 Å². The maximum Gasteiger partial charge on any atom is 0.435 e. The van der Waals surface area contributed by atoms with Crippen LogP contribution in [0.5, 0.6) is 0 Å². The first-order valence-electron chi connectivity index (χ1n) is 5.51. The standard InChI is InChI=1S/C10H11F3N4O2/c11-10(12,13)7-1-3-17(15-7)6-9(19)16-4-2-14-8(18)5-16/h1,3H,2,4-6H2,(H,14,18). The summed E-state index contributed by atoms with van der Waals surface area (Å²) in [6.07, 6.45) is -3.44. The van der Waals surface area contributed by atoms with Crippen LogP contribution >= 0.6 is 0 Å². The molecule has 1 aliphatic heterocycles. The van der Waals surface area contributed by atoms with Gasteiger partial charge >= 0.3 is 6.18 Å². The van der Waals surface area contributed by atoms with Gasteiger partial charge in [-0.05, 0) is 6.07 Å². The Labute approximate surface area is 106 Å². The molecular weight excluding hydrogens is 265 g/mol. The zero-order valence-corrected chi connectivity index (χ0v) is 9.78. The Morgan fingerprint density at radius 2 is 2.21 bits per heavy atom. The van der Waals surface area contributed by atoms with Gasteiger partial charge in [0, 0.05) is 19.3 Å². The number of piperazine rings is 1. The number of alkyl halides is 3. The van der Waals surface area contributed by atoms with Gasteiger partial charge in [0.2, 0.25) is 11.8 Å². The van der Waals surface area contributed by atoms with Gasteiger partial charge in [-0.25, -0.2) is 0 Å². The van der Waals surface area contributed by atoms with Crippen molar-refractivity contribution < 1.29 is 22.8 Å². The molecule has 2 amide bonds. The van der Waals surface area contributed by atoms with Crippen molar-refractivity contribution in [3.05, 3.63) is 18.0 Å². The molecule has 0 atom stereocenters. The van der Waals surface area contributed by atoms with E-state index in [0.29, 0.717) is 13.1 Å². The first kappa shape index (κ1) is 13.4. The Kier molecular flexibility index (Phi) is 3.45. The summed E-state index contributed by atoms with van der Waals surface area (Å²) in [5.41, 5.74) is -1.04. The van der Waals surface area contributed by atoms with Crippen molar-refractivity contribution >= 4 is 11.8 Å². The van der Waals surface area contributed by atoms with Gasteiger partial charge in [-0.15, -0.1) is 0 Å². The number of amides is 2. The molecule has 0 saturated carbocycles. The van der Waals surface area contributed by atoms with Crippen molar-refractivity contribution in [2.24, 2.45) is 0 Å². The van der Waals surface area contributed by atoms with Crippen molar-refractivity contribution in [2.75, 3.05) is 19.6 Å². The van der Waals surface area contributed by atoms with Gasteiger partial charge in [0.25, 0.3) is 0 Å². The topological polar surface area (TPSA) is 67.2 Å². The number of hydrogen-bond donors (Lipinski definition) is 1. The molecule has 6 nitrogen and oxygen atoms in total. The van der Waals surface area contributed by atoms with Crippen molar-refractivity contribution in [1.82, 2.24) is 20.0 Å². The predicted molar refractivity (Wildman–Crippen MR) is 56.8 cm³/mol. The number of hydrogen-bond acceptors (Lipinski definition) is 3. The lowest BCUT2D eigenvalue weighted by molar-refractivity contribution is -0.142. The fourth-order valence-electron chi connectivity index (χ4n) is 1.69. The Morgan fingerprint density at radius 1 is 1.47 bits per heavy atom. The molecule has 104 valence electrons. The first-order valence-corrected chi connectivity index (χ1v) is 5.51. The highest BCUT2D eigenvalue weighted by molar-refractivity contribution is 5.85. The number of nitrogens with one attached hydrogen (secondary N) is 1. The summed E-state index contributed by atoms with van der Waals surface area (Å²) >= 11 is 0. The van der Waals surface area contributed by atoms with Crippen LogP contribution in [0.4, 0.5) is 13.2 Å². The molecule has 0 radical (unpaired) electrons. The number of carbonyl (C=O) groups excluding carboxylic acids is 2. The first-order chi connectivity index (χ1) is 8.86. The number of rotatable bonds is 2. The molecule has 9 heteroatoms. The largest absolute Gasteiger partial charge is 0.435 e. The van der Waals surface area contributed by atoms with Crippen molar-refractivity contribution in [1.29, 1.82) is 0 Å². The van der Waals surface area contributed by atoms with E-state index in [1.165, 1.54) is 4.90 Å². The second-order valence-corrected chi connectivity index (χ2v) is 4.06. The van der Waals surface area contributed by atoms with E-state index in [0.717, 1.165) is 16.9 Å². The SMILES string of the molecule is O=C1CN(C(=O)Cn2ccc(C(F)(F)F)n2)CCN1. The molecule has 1 aliphatic rings. The second-order valence-electron chi connectivity index (χ2n) is 4.06. The summed E-state index contributed by atoms with van der Waals surface area (Å²) in [5.74, 6) is -0.720. The average Bonchev–Trinajstić information content (AvgIpc) is 2.77. The van der Waals surface area contributed by atoms with Crippen molar-refractivity contribution in [3.8, 4) is 0 Å². The highest BCUT2D eigenvalue weighted by Gasteiger charge is 2.33. The lowest BCUT2D eigenvalue weighted by Crippen LogP contribution is -2.50. The molecule has 0 spiro atoms. The van der Waals surface area contributed by atoms with Crippen LogP contribution in [0.25, 0.3) is 0 Å². The number of halogens is 3. The quantitative estimate of drug-likeness (QED) is 0.817. The third-order valence-corrected chi connectivity index (χ3v) is 2.62. The van der Waals surface area contributed by atoms with E-state index in [-0.39, 0.29) is 19.0 Å². The molecule has 19 heavy (non-hydrogen) atoms. The lowest BCUT2D eigenvalue weighted by Gasteiger charge is -2.26. The fraction of sp³-hybridized carbons (Fsp3) is 0.500. The van der Waals surface area contributed by atoms with E-state index in [2.05, 4.69) is 10.4 Å². The maximum absolute atomic E-state index is 12.3. The summed E-state index contributed by atoms with van der Waals surface area (Å²) in [5, 5.41) is 5.83. The zero-order chi connectivity index (χ0) is 14.0. The normalized spacial score (nSPS) is 16.4. The van der Waals surface area contributed by atoms with E-state index in [1.54, 1.807) is 0 Å². The number of carbonyl (C=O) groups is 2. The van der Waals surface area contributed by atoms with Crippen LogP contribution in [0, 0.1) is 0 Å². The minimum atomic E-state index is -4.53. The fourth-order valence-corrected chi connectivity index (χ4v) is 1.69. The van der Waals surface area contributed by atoms with Crippen LogP contribution in [0.3, 0.4) is 0 Å². The van der Waals surface area contributed by atoms with Gasteiger partial charge < -0.3 is 10.2 Å². The van der Waals surface area contributed by atoms with Crippen molar-refractivity contribution in [3.63, 3.8) is 0 Å². The van der Waals surface area contributed by atoms with Gasteiger partial charge in [-0.1, -0.05) is 0 Å². The van der Waals surface area contributed by atoms with E-state index in [9.17, 15) is 22.8 Å². The Bertz CT molecular complexity index is 497. The highest BCUT2D eigenvalue weighted by atomic mass is 19.4. The Morgan fingerprint density at radius 3 is 2.79 bits per heavy atom. The summed E-state index contributed by atoms with van der Waals surface area (Å²) in [6, 6.07) is 0.802. The second kappa shape index (κ2) is 4.90. The molecule has 1 aromatic rings. The smallest absolute Gasteiger partial charge is 0.353 e. The van der Waals surface area contributed by atoms with Crippen LogP contribution in [0.15, 0.2) is 12.3 Å². The molecule has 1 N–H and O–H groups in total. The molecule has 2 heterocycles. The molecule has 1 fully saturated rings. The molecule has 0 bridgehead atoms. The minimum absolute atomic E-state index is 0.0772. The van der Waals surface area contributed by atoms with Crippen LogP contribution < -0.4 is 5.32 Å².